The highest BCUT2D eigenvalue weighted by Gasteiger charge is 2.09. The molecule has 1 heterocycles. The van der Waals surface area contributed by atoms with Crippen LogP contribution in [-0.2, 0) is 9.59 Å². The highest BCUT2D eigenvalue weighted by atomic mass is 16.5. The lowest BCUT2D eigenvalue weighted by atomic mass is 10.3. The molecule has 0 bridgehead atoms. The van der Waals surface area contributed by atoms with E-state index in [1.165, 1.54) is 0 Å². The van der Waals surface area contributed by atoms with E-state index in [9.17, 15) is 9.59 Å². The van der Waals surface area contributed by atoms with E-state index < -0.39 is 11.8 Å². The second-order valence-electron chi connectivity index (χ2n) is 4.61. The van der Waals surface area contributed by atoms with E-state index >= 15 is 0 Å². The third-order valence-corrected chi connectivity index (χ3v) is 2.77. The summed E-state index contributed by atoms with van der Waals surface area (Å²) in [5.74, 6) is 1.29. The van der Waals surface area contributed by atoms with Gasteiger partial charge in [0, 0.05) is 6.07 Å². The minimum atomic E-state index is -0.410. The molecule has 0 aliphatic rings. The van der Waals surface area contributed by atoms with E-state index in [4.69, 9.17) is 14.0 Å². The Kier molecular flexibility index (Phi) is 5.56. The number of ether oxygens (including phenoxy) is 2. The van der Waals surface area contributed by atoms with Crippen LogP contribution in [0.5, 0.6) is 11.5 Å². The van der Waals surface area contributed by atoms with Crippen LogP contribution < -0.4 is 20.1 Å². The lowest BCUT2D eigenvalue weighted by molar-refractivity contribution is -0.125. The van der Waals surface area contributed by atoms with Crippen molar-refractivity contribution in [2.24, 2.45) is 0 Å². The van der Waals surface area contributed by atoms with Gasteiger partial charge in [-0.1, -0.05) is 5.16 Å². The summed E-state index contributed by atoms with van der Waals surface area (Å²) < 4.78 is 15.1. The number of carbonyl (C=O) groups excluding carboxylic acids is 2. The predicted octanol–water partition coefficient (Wildman–Crippen LogP) is 1.13. The lowest BCUT2D eigenvalue weighted by Crippen LogP contribution is -2.35. The standard InChI is InChI=1S/C15H17N3O5/c1-10-7-13(18-23-10)17-14(19)8-16-15(20)9-22-12-5-3-11(21-2)4-6-12/h3-7H,8-9H2,1-2H3,(H,16,20)(H,17,18,19). The minimum Gasteiger partial charge on any atom is -0.497 e. The molecule has 0 aliphatic carbocycles. The summed E-state index contributed by atoms with van der Waals surface area (Å²) in [5, 5.41) is 8.55. The average molecular weight is 319 g/mol. The molecule has 8 heteroatoms. The molecule has 0 fully saturated rings. The number of anilines is 1. The Morgan fingerprint density at radius 3 is 2.48 bits per heavy atom. The van der Waals surface area contributed by atoms with Gasteiger partial charge >= 0.3 is 0 Å². The maximum Gasteiger partial charge on any atom is 0.258 e. The van der Waals surface area contributed by atoms with Crippen molar-refractivity contribution < 1.29 is 23.6 Å². The van der Waals surface area contributed by atoms with Crippen LogP contribution in [0, 0.1) is 6.92 Å². The highest BCUT2D eigenvalue weighted by molar-refractivity contribution is 5.93. The predicted molar refractivity (Wildman–Crippen MR) is 81.4 cm³/mol. The van der Waals surface area contributed by atoms with Crippen molar-refractivity contribution >= 4 is 17.6 Å². The zero-order valence-electron chi connectivity index (χ0n) is 12.8. The fourth-order valence-corrected chi connectivity index (χ4v) is 1.66. The first-order valence-corrected chi connectivity index (χ1v) is 6.83. The maximum atomic E-state index is 11.6. The molecule has 1 aromatic heterocycles. The summed E-state index contributed by atoms with van der Waals surface area (Å²) in [6.45, 7) is 1.33. The van der Waals surface area contributed by atoms with Gasteiger partial charge in [-0.3, -0.25) is 9.59 Å². The van der Waals surface area contributed by atoms with Crippen molar-refractivity contribution in [1.82, 2.24) is 10.5 Å². The molecular formula is C15H17N3O5. The molecule has 23 heavy (non-hydrogen) atoms. The number of hydrogen-bond donors (Lipinski definition) is 2. The number of aryl methyl sites for hydroxylation is 1. The van der Waals surface area contributed by atoms with E-state index in [-0.39, 0.29) is 13.2 Å². The van der Waals surface area contributed by atoms with E-state index in [0.29, 0.717) is 23.1 Å². The zero-order valence-corrected chi connectivity index (χ0v) is 12.8. The maximum absolute atomic E-state index is 11.6. The summed E-state index contributed by atoms with van der Waals surface area (Å²) in [6, 6.07) is 8.39. The monoisotopic (exact) mass is 319 g/mol. The molecule has 8 nitrogen and oxygen atoms in total. The summed E-state index contributed by atoms with van der Waals surface area (Å²) in [5.41, 5.74) is 0. The van der Waals surface area contributed by atoms with Gasteiger partial charge in [-0.15, -0.1) is 0 Å². The molecule has 0 unspecified atom stereocenters. The molecule has 122 valence electrons. The molecule has 2 rings (SSSR count). The number of carbonyl (C=O) groups is 2. The third-order valence-electron chi connectivity index (χ3n) is 2.77. The number of nitrogens with one attached hydrogen (secondary N) is 2. The molecular weight excluding hydrogens is 302 g/mol. The second-order valence-corrected chi connectivity index (χ2v) is 4.61. The number of methoxy groups -OCH3 is 1. The Bertz CT molecular complexity index is 666. The first kappa shape index (κ1) is 16.3. The quantitative estimate of drug-likeness (QED) is 0.793. The van der Waals surface area contributed by atoms with Gasteiger partial charge in [0.2, 0.25) is 5.91 Å². The fraction of sp³-hybridized carbons (Fsp3) is 0.267. The molecule has 2 N–H and O–H groups in total. The average Bonchev–Trinajstić information content (AvgIpc) is 2.96. The van der Waals surface area contributed by atoms with Crippen LogP contribution in [0.4, 0.5) is 5.82 Å². The Hall–Kier alpha value is -3.03. The minimum absolute atomic E-state index is 0.184. The van der Waals surface area contributed by atoms with Crippen molar-refractivity contribution in [1.29, 1.82) is 0 Å². The number of benzene rings is 1. The van der Waals surface area contributed by atoms with Crippen LogP contribution in [0.2, 0.25) is 0 Å². The van der Waals surface area contributed by atoms with Gasteiger partial charge in [0.05, 0.1) is 13.7 Å². The Morgan fingerprint density at radius 2 is 1.87 bits per heavy atom. The van der Waals surface area contributed by atoms with Gasteiger partial charge in [-0.25, -0.2) is 0 Å². The Labute approximate surface area is 132 Å². The molecule has 0 saturated heterocycles. The van der Waals surface area contributed by atoms with Gasteiger partial charge in [-0.2, -0.15) is 0 Å². The number of amides is 2. The van der Waals surface area contributed by atoms with Crippen LogP contribution in [0.25, 0.3) is 0 Å². The smallest absolute Gasteiger partial charge is 0.258 e. The fourth-order valence-electron chi connectivity index (χ4n) is 1.66. The van der Waals surface area contributed by atoms with Crippen molar-refractivity contribution in [2.45, 2.75) is 6.92 Å². The van der Waals surface area contributed by atoms with Crippen molar-refractivity contribution in [2.75, 3.05) is 25.6 Å². The largest absolute Gasteiger partial charge is 0.497 e. The molecule has 1 aromatic carbocycles. The molecule has 2 amide bonds. The number of aromatic nitrogens is 1. The lowest BCUT2D eigenvalue weighted by Gasteiger charge is -2.08. The van der Waals surface area contributed by atoms with Crippen molar-refractivity contribution in [3.05, 3.63) is 36.1 Å². The van der Waals surface area contributed by atoms with Gasteiger partial charge in [0.25, 0.3) is 5.91 Å². The third kappa shape index (κ3) is 5.34. The van der Waals surface area contributed by atoms with Crippen LogP contribution in [0.1, 0.15) is 5.76 Å². The number of hydrogen-bond acceptors (Lipinski definition) is 6. The summed E-state index contributed by atoms with van der Waals surface area (Å²) in [6.07, 6.45) is 0. The van der Waals surface area contributed by atoms with Crippen LogP contribution >= 0.6 is 0 Å². The van der Waals surface area contributed by atoms with Crippen LogP contribution in [0.3, 0.4) is 0 Å². The van der Waals surface area contributed by atoms with Gasteiger partial charge < -0.3 is 24.6 Å². The van der Waals surface area contributed by atoms with E-state index in [2.05, 4.69) is 15.8 Å². The Balaban J connectivity index is 1.68. The normalized spacial score (nSPS) is 10.0. The summed E-state index contributed by atoms with van der Waals surface area (Å²) >= 11 is 0. The highest BCUT2D eigenvalue weighted by Crippen LogP contribution is 2.16. The zero-order chi connectivity index (χ0) is 16.7. The van der Waals surface area contributed by atoms with Gasteiger partial charge in [0.1, 0.15) is 17.3 Å². The van der Waals surface area contributed by atoms with E-state index in [1.807, 2.05) is 0 Å². The SMILES string of the molecule is COc1ccc(OCC(=O)NCC(=O)Nc2cc(C)on2)cc1. The van der Waals surface area contributed by atoms with E-state index in [0.717, 1.165) is 0 Å². The molecule has 0 atom stereocenters. The second kappa shape index (κ2) is 7.83. The number of nitrogens with zero attached hydrogens (tertiary/aromatic N) is 1. The first-order valence-electron chi connectivity index (χ1n) is 6.83. The Morgan fingerprint density at radius 1 is 1.17 bits per heavy atom. The van der Waals surface area contributed by atoms with E-state index in [1.54, 1.807) is 44.4 Å². The topological polar surface area (TPSA) is 103 Å². The summed E-state index contributed by atoms with van der Waals surface area (Å²) in [4.78, 5) is 23.2. The molecule has 0 radical (unpaired) electrons. The molecule has 0 spiro atoms. The summed E-state index contributed by atoms with van der Waals surface area (Å²) in [7, 11) is 1.56. The first-order chi connectivity index (χ1) is 11.1. The van der Waals surface area contributed by atoms with Gasteiger partial charge in [0.15, 0.2) is 12.4 Å². The number of rotatable bonds is 7. The van der Waals surface area contributed by atoms with Crippen molar-refractivity contribution in [3.63, 3.8) is 0 Å². The van der Waals surface area contributed by atoms with Crippen LogP contribution in [-0.4, -0.2) is 37.2 Å². The van der Waals surface area contributed by atoms with Gasteiger partial charge in [-0.05, 0) is 31.2 Å². The van der Waals surface area contributed by atoms with Crippen LogP contribution in [0.15, 0.2) is 34.9 Å². The molecule has 0 saturated carbocycles. The molecule has 0 aliphatic heterocycles. The van der Waals surface area contributed by atoms with Crippen molar-refractivity contribution in [3.8, 4) is 11.5 Å². The molecule has 2 aromatic rings.